The van der Waals surface area contributed by atoms with Crippen LogP contribution in [0.25, 0.3) is 0 Å². The van der Waals surface area contributed by atoms with Crippen LogP contribution in [0.5, 0.6) is 0 Å². The van der Waals surface area contributed by atoms with Gasteiger partial charge in [-0.3, -0.25) is 0 Å². The fourth-order valence-electron chi connectivity index (χ4n) is 1.68. The van der Waals surface area contributed by atoms with Gasteiger partial charge in [0.05, 0.1) is 0 Å². The molecule has 2 fully saturated rings. The Kier molecular flexibility index (Phi) is 0.680. The van der Waals surface area contributed by atoms with E-state index in [1.165, 1.54) is 25.8 Å². The van der Waals surface area contributed by atoms with E-state index in [0.29, 0.717) is 0 Å². The molecule has 1 radical (unpaired) electrons. The average Bonchev–Trinajstić information content (AvgIpc) is 2.22. The number of hydrogen-bond acceptors (Lipinski definition) is 0. The molecule has 1 nitrogen and oxygen atoms in total. The molecule has 39 valence electrons. The van der Waals surface area contributed by atoms with Crippen molar-refractivity contribution in [3.8, 4) is 0 Å². The van der Waals surface area contributed by atoms with Crippen LogP contribution >= 0.6 is 0 Å². The molecule has 2 atom stereocenters. The summed E-state index contributed by atoms with van der Waals surface area (Å²) in [7, 11) is 0. The largest absolute Gasteiger partial charge is 0.238 e. The predicted octanol–water partition coefficient (Wildman–Crippen LogP) is 0.773. The van der Waals surface area contributed by atoms with Gasteiger partial charge in [-0.15, -0.1) is 0 Å². The number of hydrogen-bond donors (Lipinski definition) is 0. The first-order chi connectivity index (χ1) is 3.45. The van der Waals surface area contributed by atoms with Gasteiger partial charge in [-0.1, -0.05) is 0 Å². The van der Waals surface area contributed by atoms with Crippen LogP contribution in [0.3, 0.4) is 0 Å². The van der Waals surface area contributed by atoms with Gasteiger partial charge in [0.15, 0.2) is 0 Å². The predicted molar refractivity (Wildman–Crippen MR) is 28.1 cm³/mol. The molecule has 0 amide bonds. The zero-order valence-corrected chi connectivity index (χ0v) is 4.43. The Balaban J connectivity index is 2.12. The van der Waals surface area contributed by atoms with Crippen molar-refractivity contribution in [1.29, 1.82) is 0 Å². The van der Waals surface area contributed by atoms with Crippen LogP contribution < -0.4 is 5.32 Å². The van der Waals surface area contributed by atoms with E-state index in [2.05, 4.69) is 5.32 Å². The van der Waals surface area contributed by atoms with Gasteiger partial charge in [-0.25, -0.2) is 5.32 Å². The fourth-order valence-corrected chi connectivity index (χ4v) is 1.68. The molecule has 2 unspecified atom stereocenters. The summed E-state index contributed by atoms with van der Waals surface area (Å²) in [6, 6.07) is 0.796. The van der Waals surface area contributed by atoms with Gasteiger partial charge in [0.2, 0.25) is 0 Å². The number of nitrogens with zero attached hydrogens (tertiary/aromatic N) is 1. The molecule has 1 aliphatic heterocycles. The monoisotopic (exact) mass is 96.1 g/mol. The summed E-state index contributed by atoms with van der Waals surface area (Å²) in [5.74, 6) is 1.00. The lowest BCUT2D eigenvalue weighted by Crippen LogP contribution is -2.16. The molecule has 1 aliphatic carbocycles. The van der Waals surface area contributed by atoms with Crippen LogP contribution in [-0.2, 0) is 0 Å². The Morgan fingerprint density at radius 3 is 2.43 bits per heavy atom. The normalized spacial score (nSPS) is 48.0. The highest BCUT2D eigenvalue weighted by molar-refractivity contribution is 4.88. The first kappa shape index (κ1) is 3.90. The highest BCUT2D eigenvalue weighted by Gasteiger charge is 2.31. The molecule has 0 N–H and O–H groups in total. The van der Waals surface area contributed by atoms with Gasteiger partial charge in [0, 0.05) is 12.6 Å². The maximum atomic E-state index is 4.40. The van der Waals surface area contributed by atoms with Crippen LogP contribution in [0.15, 0.2) is 0 Å². The number of rotatable bonds is 0. The third-order valence-corrected chi connectivity index (χ3v) is 2.14. The van der Waals surface area contributed by atoms with E-state index in [4.69, 9.17) is 0 Å². The molecule has 0 spiro atoms. The van der Waals surface area contributed by atoms with Crippen LogP contribution in [0.1, 0.15) is 19.3 Å². The Bertz CT molecular complexity index is 62.2. The van der Waals surface area contributed by atoms with Crippen LogP contribution in [0.4, 0.5) is 0 Å². The molecule has 0 aromatic carbocycles. The molecule has 7 heavy (non-hydrogen) atoms. The maximum absolute atomic E-state index is 4.40. The van der Waals surface area contributed by atoms with E-state index in [9.17, 15) is 0 Å². The second-order valence-corrected chi connectivity index (χ2v) is 2.70. The van der Waals surface area contributed by atoms with Crippen molar-refractivity contribution in [3.63, 3.8) is 0 Å². The molecule has 1 saturated carbocycles. The SMILES string of the molecule is C1CC2CC1C[N]2. The summed E-state index contributed by atoms with van der Waals surface area (Å²) in [5, 5.41) is 4.40. The van der Waals surface area contributed by atoms with Gasteiger partial charge in [0.1, 0.15) is 0 Å². The molecule has 2 bridgehead atoms. The van der Waals surface area contributed by atoms with Crippen molar-refractivity contribution < 1.29 is 0 Å². The summed E-state index contributed by atoms with van der Waals surface area (Å²) in [6.45, 7) is 1.19. The highest BCUT2D eigenvalue weighted by atomic mass is 15.0. The second kappa shape index (κ2) is 1.22. The Labute approximate surface area is 44.1 Å². The summed E-state index contributed by atoms with van der Waals surface area (Å²) in [4.78, 5) is 0. The highest BCUT2D eigenvalue weighted by Crippen LogP contribution is 2.31. The van der Waals surface area contributed by atoms with Gasteiger partial charge < -0.3 is 0 Å². The van der Waals surface area contributed by atoms with E-state index < -0.39 is 0 Å². The molecule has 2 rings (SSSR count). The van der Waals surface area contributed by atoms with E-state index >= 15 is 0 Å². The minimum Gasteiger partial charge on any atom is -0.238 e. The number of piperidine rings is 1. The quantitative estimate of drug-likeness (QED) is 0.423. The molecule has 0 aromatic rings. The average molecular weight is 96.2 g/mol. The lowest BCUT2D eigenvalue weighted by Gasteiger charge is -2.05. The van der Waals surface area contributed by atoms with Crippen molar-refractivity contribution in [2.24, 2.45) is 5.92 Å². The molecule has 2 aliphatic rings. The van der Waals surface area contributed by atoms with Crippen LogP contribution in [0, 0.1) is 5.92 Å². The molecular weight excluding hydrogens is 86.1 g/mol. The van der Waals surface area contributed by atoms with E-state index in [-0.39, 0.29) is 0 Å². The molecule has 1 saturated heterocycles. The summed E-state index contributed by atoms with van der Waals surface area (Å²) in [5.41, 5.74) is 0. The lowest BCUT2D eigenvalue weighted by molar-refractivity contribution is 0.496. The van der Waals surface area contributed by atoms with E-state index in [0.717, 1.165) is 12.0 Å². The lowest BCUT2D eigenvalue weighted by atomic mass is 10.1. The van der Waals surface area contributed by atoms with E-state index in [1.807, 2.05) is 0 Å². The summed E-state index contributed by atoms with van der Waals surface area (Å²) < 4.78 is 0. The zero-order valence-electron chi connectivity index (χ0n) is 4.43. The maximum Gasteiger partial charge on any atom is 0.0249 e. The standard InChI is InChI=1S/C6H10N/c1-2-6-3-5(1)4-7-6/h5-6H,1-4H2. The minimum absolute atomic E-state index is 0.796. The van der Waals surface area contributed by atoms with Gasteiger partial charge in [0.25, 0.3) is 0 Å². The second-order valence-electron chi connectivity index (χ2n) is 2.70. The van der Waals surface area contributed by atoms with Gasteiger partial charge >= 0.3 is 0 Å². The van der Waals surface area contributed by atoms with Gasteiger partial charge in [-0.05, 0) is 25.2 Å². The first-order valence-electron chi connectivity index (χ1n) is 3.12. The first-order valence-corrected chi connectivity index (χ1v) is 3.12. The Morgan fingerprint density at radius 2 is 2.29 bits per heavy atom. The van der Waals surface area contributed by atoms with Crippen LogP contribution in [0.2, 0.25) is 0 Å². The molecular formula is C6H10N. The van der Waals surface area contributed by atoms with Crippen molar-refractivity contribution in [3.05, 3.63) is 0 Å². The molecule has 1 heteroatoms. The molecule has 1 heterocycles. The molecule has 0 aromatic heterocycles. The zero-order chi connectivity index (χ0) is 4.69. The van der Waals surface area contributed by atoms with Crippen LogP contribution in [-0.4, -0.2) is 12.6 Å². The van der Waals surface area contributed by atoms with Gasteiger partial charge in [-0.2, -0.15) is 0 Å². The number of fused-ring (bicyclic) bond motifs is 2. The summed E-state index contributed by atoms with van der Waals surface area (Å²) >= 11 is 0. The van der Waals surface area contributed by atoms with Crippen molar-refractivity contribution in [2.45, 2.75) is 25.3 Å². The van der Waals surface area contributed by atoms with Crippen molar-refractivity contribution in [1.82, 2.24) is 5.32 Å². The fraction of sp³-hybridized carbons (Fsp3) is 1.00. The van der Waals surface area contributed by atoms with Crippen molar-refractivity contribution >= 4 is 0 Å². The summed E-state index contributed by atoms with van der Waals surface area (Å²) in [6.07, 6.45) is 4.28. The minimum atomic E-state index is 0.796. The smallest absolute Gasteiger partial charge is 0.0249 e. The Hall–Kier alpha value is -0.0400. The topological polar surface area (TPSA) is 14.1 Å². The third kappa shape index (κ3) is 0.480. The van der Waals surface area contributed by atoms with Crippen molar-refractivity contribution in [2.75, 3.05) is 6.54 Å². The third-order valence-electron chi connectivity index (χ3n) is 2.14. The van der Waals surface area contributed by atoms with E-state index in [1.54, 1.807) is 0 Å². The Morgan fingerprint density at radius 1 is 1.29 bits per heavy atom.